The number of benzene rings is 1. The minimum Gasteiger partial charge on any atom is -0.463 e. The van der Waals surface area contributed by atoms with E-state index in [1.165, 1.54) is 12.1 Å². The van der Waals surface area contributed by atoms with Crippen molar-refractivity contribution >= 4 is 22.8 Å². The average Bonchev–Trinajstić information content (AvgIpc) is 3.37. The van der Waals surface area contributed by atoms with E-state index in [1.54, 1.807) is 23.1 Å². The maximum absolute atomic E-state index is 13.3. The number of furan rings is 1. The average molecular weight is 392 g/mol. The molecule has 29 heavy (non-hydrogen) atoms. The zero-order chi connectivity index (χ0) is 20.0. The smallest absolute Gasteiger partial charge is 0.228 e. The number of anilines is 2. The number of fused-ring (bicyclic) bond motifs is 1. The normalized spacial score (nSPS) is 15.3. The highest BCUT2D eigenvalue weighted by atomic mass is 19.1. The molecular formula is C21H21FN6O. The van der Waals surface area contributed by atoms with Crippen LogP contribution in [0.3, 0.4) is 0 Å². The van der Waals surface area contributed by atoms with Gasteiger partial charge in [-0.2, -0.15) is 4.98 Å². The Morgan fingerprint density at radius 2 is 1.86 bits per heavy atom. The van der Waals surface area contributed by atoms with Crippen LogP contribution in [-0.4, -0.2) is 32.8 Å². The summed E-state index contributed by atoms with van der Waals surface area (Å²) < 4.78 is 20.5. The van der Waals surface area contributed by atoms with Gasteiger partial charge in [0.25, 0.3) is 0 Å². The fraction of sp³-hybridized carbons (Fsp3) is 0.286. The standard InChI is InChI=1S/C21H21FN6O/c1-13-8-10-27(11-9-13)21-24-18(16-3-2-12-29-16)17-19(23)28(26-20(17)25-21)15-6-4-14(22)5-7-15/h2-7,12-13H,8-11,23H2,1H3. The first kappa shape index (κ1) is 17.7. The fourth-order valence-electron chi connectivity index (χ4n) is 3.72. The van der Waals surface area contributed by atoms with Gasteiger partial charge in [-0.3, -0.25) is 0 Å². The predicted octanol–water partition coefficient (Wildman–Crippen LogP) is 4.03. The largest absolute Gasteiger partial charge is 0.463 e. The van der Waals surface area contributed by atoms with Crippen molar-refractivity contribution in [3.05, 3.63) is 48.5 Å². The van der Waals surface area contributed by atoms with Gasteiger partial charge in [-0.25, -0.2) is 14.1 Å². The first-order valence-corrected chi connectivity index (χ1v) is 9.71. The van der Waals surface area contributed by atoms with Crippen LogP contribution in [0.2, 0.25) is 0 Å². The molecule has 1 aliphatic heterocycles. The molecule has 5 rings (SSSR count). The molecule has 0 spiro atoms. The lowest BCUT2D eigenvalue weighted by atomic mass is 10.00. The molecule has 1 saturated heterocycles. The molecule has 0 aliphatic carbocycles. The van der Waals surface area contributed by atoms with Gasteiger partial charge in [-0.05, 0) is 55.2 Å². The monoisotopic (exact) mass is 392 g/mol. The van der Waals surface area contributed by atoms with Gasteiger partial charge in [0.1, 0.15) is 17.3 Å². The van der Waals surface area contributed by atoms with Crippen molar-refractivity contribution < 1.29 is 8.81 Å². The van der Waals surface area contributed by atoms with E-state index >= 15 is 0 Å². The Labute approximate surface area is 167 Å². The molecule has 0 bridgehead atoms. The third kappa shape index (κ3) is 3.10. The number of rotatable bonds is 3. The van der Waals surface area contributed by atoms with Crippen LogP contribution in [0.4, 0.5) is 16.2 Å². The Kier molecular flexibility index (Phi) is 4.19. The lowest BCUT2D eigenvalue weighted by Gasteiger charge is -2.30. The van der Waals surface area contributed by atoms with E-state index in [-0.39, 0.29) is 5.82 Å². The second-order valence-corrected chi connectivity index (χ2v) is 7.49. The predicted molar refractivity (Wildman–Crippen MR) is 109 cm³/mol. The van der Waals surface area contributed by atoms with E-state index in [2.05, 4.69) is 16.9 Å². The van der Waals surface area contributed by atoms with Crippen LogP contribution in [-0.2, 0) is 0 Å². The molecule has 0 unspecified atom stereocenters. The first-order valence-electron chi connectivity index (χ1n) is 9.71. The number of piperidine rings is 1. The molecule has 1 fully saturated rings. The topological polar surface area (TPSA) is 86.0 Å². The molecule has 4 aromatic rings. The van der Waals surface area contributed by atoms with Crippen LogP contribution in [0.1, 0.15) is 19.8 Å². The molecule has 2 N–H and O–H groups in total. The SMILES string of the molecule is CC1CCN(c2nc(-c3ccco3)c3c(N)n(-c4ccc(F)cc4)nc3n2)CC1. The maximum atomic E-state index is 13.3. The summed E-state index contributed by atoms with van der Waals surface area (Å²) >= 11 is 0. The molecule has 148 valence electrons. The number of nitrogen functional groups attached to an aromatic ring is 1. The van der Waals surface area contributed by atoms with Crippen molar-refractivity contribution in [1.29, 1.82) is 0 Å². The molecular weight excluding hydrogens is 371 g/mol. The lowest BCUT2D eigenvalue weighted by molar-refractivity contribution is 0.434. The van der Waals surface area contributed by atoms with Crippen molar-refractivity contribution in [3.8, 4) is 17.1 Å². The zero-order valence-electron chi connectivity index (χ0n) is 16.0. The molecule has 4 heterocycles. The van der Waals surface area contributed by atoms with Gasteiger partial charge in [-0.1, -0.05) is 6.92 Å². The minimum atomic E-state index is -0.318. The highest BCUT2D eigenvalue weighted by Gasteiger charge is 2.24. The number of nitrogens with two attached hydrogens (primary N) is 1. The summed E-state index contributed by atoms with van der Waals surface area (Å²) in [5.74, 6) is 2.00. The van der Waals surface area contributed by atoms with Gasteiger partial charge < -0.3 is 15.1 Å². The summed E-state index contributed by atoms with van der Waals surface area (Å²) in [5.41, 5.74) is 8.19. The maximum Gasteiger partial charge on any atom is 0.228 e. The van der Waals surface area contributed by atoms with E-state index in [0.717, 1.165) is 25.9 Å². The Hall–Kier alpha value is -3.42. The van der Waals surface area contributed by atoms with Gasteiger partial charge in [0.15, 0.2) is 11.4 Å². The summed E-state index contributed by atoms with van der Waals surface area (Å²) in [4.78, 5) is 11.7. The summed E-state index contributed by atoms with van der Waals surface area (Å²) in [6.07, 6.45) is 3.80. The van der Waals surface area contributed by atoms with Crippen LogP contribution >= 0.6 is 0 Å². The van der Waals surface area contributed by atoms with Gasteiger partial charge in [0, 0.05) is 13.1 Å². The van der Waals surface area contributed by atoms with E-state index in [4.69, 9.17) is 20.1 Å². The number of aromatic nitrogens is 4. The Bertz CT molecular complexity index is 1140. The minimum absolute atomic E-state index is 0.318. The van der Waals surface area contributed by atoms with Crippen molar-refractivity contribution in [3.63, 3.8) is 0 Å². The summed E-state index contributed by atoms with van der Waals surface area (Å²) in [6.45, 7) is 4.07. The van der Waals surface area contributed by atoms with Crippen LogP contribution < -0.4 is 10.6 Å². The zero-order valence-corrected chi connectivity index (χ0v) is 16.0. The fourth-order valence-corrected chi connectivity index (χ4v) is 3.72. The highest BCUT2D eigenvalue weighted by molar-refractivity contribution is 5.98. The lowest BCUT2D eigenvalue weighted by Crippen LogP contribution is -2.34. The van der Waals surface area contributed by atoms with Crippen LogP contribution in [0, 0.1) is 11.7 Å². The summed E-state index contributed by atoms with van der Waals surface area (Å²) in [7, 11) is 0. The van der Waals surface area contributed by atoms with Crippen LogP contribution in [0.25, 0.3) is 28.2 Å². The first-order chi connectivity index (χ1) is 14.1. The van der Waals surface area contributed by atoms with Crippen molar-refractivity contribution in [2.24, 2.45) is 5.92 Å². The van der Waals surface area contributed by atoms with Crippen molar-refractivity contribution in [2.75, 3.05) is 23.7 Å². The molecule has 1 aliphatic rings. The van der Waals surface area contributed by atoms with Crippen LogP contribution in [0.5, 0.6) is 0 Å². The molecule has 8 heteroatoms. The van der Waals surface area contributed by atoms with E-state index < -0.39 is 0 Å². The molecule has 0 atom stereocenters. The summed E-state index contributed by atoms with van der Waals surface area (Å²) in [5, 5.41) is 5.23. The number of nitrogens with zero attached hydrogens (tertiary/aromatic N) is 5. The molecule has 0 amide bonds. The highest BCUT2D eigenvalue weighted by Crippen LogP contribution is 2.34. The second kappa shape index (κ2) is 6.88. The van der Waals surface area contributed by atoms with Gasteiger partial charge in [-0.15, -0.1) is 5.10 Å². The van der Waals surface area contributed by atoms with Gasteiger partial charge >= 0.3 is 0 Å². The molecule has 0 saturated carbocycles. The van der Waals surface area contributed by atoms with E-state index in [0.29, 0.717) is 45.9 Å². The molecule has 3 aromatic heterocycles. The van der Waals surface area contributed by atoms with Gasteiger partial charge in [0.2, 0.25) is 5.95 Å². The Morgan fingerprint density at radius 3 is 2.55 bits per heavy atom. The molecule has 7 nitrogen and oxygen atoms in total. The molecule has 0 radical (unpaired) electrons. The number of hydrogen-bond donors (Lipinski definition) is 1. The molecule has 1 aromatic carbocycles. The number of halogens is 1. The third-order valence-electron chi connectivity index (χ3n) is 5.45. The van der Waals surface area contributed by atoms with Crippen LogP contribution in [0.15, 0.2) is 47.1 Å². The third-order valence-corrected chi connectivity index (χ3v) is 5.45. The quantitative estimate of drug-likeness (QED) is 0.566. The van der Waals surface area contributed by atoms with E-state index in [1.807, 2.05) is 12.1 Å². The Morgan fingerprint density at radius 1 is 1.10 bits per heavy atom. The van der Waals surface area contributed by atoms with Crippen molar-refractivity contribution in [1.82, 2.24) is 19.7 Å². The Balaban J connectivity index is 1.69. The van der Waals surface area contributed by atoms with Gasteiger partial charge in [0.05, 0.1) is 17.3 Å². The summed E-state index contributed by atoms with van der Waals surface area (Å²) in [6, 6.07) is 9.67. The number of hydrogen-bond acceptors (Lipinski definition) is 6. The van der Waals surface area contributed by atoms with Crippen molar-refractivity contribution in [2.45, 2.75) is 19.8 Å². The second-order valence-electron chi connectivity index (χ2n) is 7.49. The van der Waals surface area contributed by atoms with E-state index in [9.17, 15) is 4.39 Å².